The molecule has 1 saturated carbocycles. The second-order valence-corrected chi connectivity index (χ2v) is 6.00. The number of amides is 1. The van der Waals surface area contributed by atoms with Gasteiger partial charge in [-0.25, -0.2) is 4.98 Å². The molecule has 1 aliphatic rings. The summed E-state index contributed by atoms with van der Waals surface area (Å²) in [6.07, 6.45) is 4.52. The average molecular weight is 297 g/mol. The van der Waals surface area contributed by atoms with Crippen molar-refractivity contribution >= 4 is 28.2 Å². The zero-order valence-electron chi connectivity index (χ0n) is 11.9. The molecule has 0 radical (unpaired) electrons. The van der Waals surface area contributed by atoms with Crippen molar-refractivity contribution in [1.82, 2.24) is 15.6 Å². The fourth-order valence-corrected chi connectivity index (χ4v) is 2.59. The third-order valence-corrected chi connectivity index (χ3v) is 4.06. The predicted molar refractivity (Wildman–Crippen MR) is 83.3 cm³/mol. The van der Waals surface area contributed by atoms with Gasteiger partial charge < -0.3 is 21.7 Å². The van der Waals surface area contributed by atoms with Crippen molar-refractivity contribution in [2.75, 3.05) is 30.7 Å². The third kappa shape index (κ3) is 4.64. The maximum Gasteiger partial charge on any atom is 0.265 e. The first-order chi connectivity index (χ1) is 9.70. The van der Waals surface area contributed by atoms with Crippen LogP contribution in [-0.2, 0) is 0 Å². The average Bonchev–Trinajstić information content (AvgIpc) is 3.18. The highest BCUT2D eigenvalue weighted by molar-refractivity contribution is 7.18. The highest BCUT2D eigenvalue weighted by Gasteiger charge is 2.19. The third-order valence-electron chi connectivity index (χ3n) is 3.04. The molecule has 0 saturated heterocycles. The minimum Gasteiger partial charge on any atom is -0.382 e. The number of carbonyl (C=O) groups excluding carboxylic acids is 1. The van der Waals surface area contributed by atoms with Crippen LogP contribution in [-0.4, -0.2) is 36.6 Å². The lowest BCUT2D eigenvalue weighted by Crippen LogP contribution is -2.27. The summed E-state index contributed by atoms with van der Waals surface area (Å²) in [4.78, 5) is 16.6. The summed E-state index contributed by atoms with van der Waals surface area (Å²) in [6, 6.07) is 0.718. The molecule has 112 valence electrons. The van der Waals surface area contributed by atoms with E-state index in [4.69, 9.17) is 5.73 Å². The molecular formula is C13H23N5OS. The molecule has 5 N–H and O–H groups in total. The molecule has 1 aromatic heterocycles. The van der Waals surface area contributed by atoms with Crippen LogP contribution in [0.2, 0.25) is 0 Å². The summed E-state index contributed by atoms with van der Waals surface area (Å²) in [7, 11) is 0. The van der Waals surface area contributed by atoms with Gasteiger partial charge in [0, 0.05) is 19.1 Å². The molecule has 20 heavy (non-hydrogen) atoms. The summed E-state index contributed by atoms with van der Waals surface area (Å²) in [5.74, 6) is 0.179. The van der Waals surface area contributed by atoms with Gasteiger partial charge >= 0.3 is 0 Å². The van der Waals surface area contributed by atoms with Gasteiger partial charge in [0.2, 0.25) is 0 Å². The Kier molecular flexibility index (Phi) is 5.60. The van der Waals surface area contributed by atoms with E-state index in [0.717, 1.165) is 32.0 Å². The summed E-state index contributed by atoms with van der Waals surface area (Å²) < 4.78 is 0. The molecule has 0 aliphatic heterocycles. The summed E-state index contributed by atoms with van der Waals surface area (Å²) >= 11 is 1.31. The molecule has 0 atom stereocenters. The Morgan fingerprint density at radius 2 is 2.20 bits per heavy atom. The van der Waals surface area contributed by atoms with Crippen molar-refractivity contribution in [2.24, 2.45) is 0 Å². The van der Waals surface area contributed by atoms with Crippen LogP contribution in [0.15, 0.2) is 0 Å². The second-order valence-electron chi connectivity index (χ2n) is 5.00. The largest absolute Gasteiger partial charge is 0.382 e. The lowest BCUT2D eigenvalue weighted by molar-refractivity contribution is 0.0958. The molecule has 1 aliphatic carbocycles. The maximum atomic E-state index is 12.0. The Labute approximate surface area is 123 Å². The van der Waals surface area contributed by atoms with E-state index < -0.39 is 0 Å². The van der Waals surface area contributed by atoms with Gasteiger partial charge in [0.15, 0.2) is 5.13 Å². The first-order valence-electron chi connectivity index (χ1n) is 7.22. The molecule has 0 unspecified atom stereocenters. The Morgan fingerprint density at radius 3 is 2.90 bits per heavy atom. The quantitative estimate of drug-likeness (QED) is 0.517. The molecule has 1 heterocycles. The predicted octanol–water partition coefficient (Wildman–Crippen LogP) is 1.42. The van der Waals surface area contributed by atoms with Crippen LogP contribution < -0.4 is 21.7 Å². The first kappa shape index (κ1) is 15.1. The van der Waals surface area contributed by atoms with Crippen molar-refractivity contribution in [2.45, 2.75) is 38.6 Å². The maximum absolute atomic E-state index is 12.0. The summed E-state index contributed by atoms with van der Waals surface area (Å²) in [6.45, 7) is 4.52. The number of hydrogen-bond donors (Lipinski definition) is 4. The molecular weight excluding hydrogens is 274 g/mol. The Morgan fingerprint density at radius 1 is 1.40 bits per heavy atom. The van der Waals surface area contributed by atoms with Crippen LogP contribution in [0.5, 0.6) is 0 Å². The fourth-order valence-electron chi connectivity index (χ4n) is 1.77. The van der Waals surface area contributed by atoms with E-state index in [9.17, 15) is 4.79 Å². The Balaban J connectivity index is 1.71. The van der Waals surface area contributed by atoms with E-state index in [0.29, 0.717) is 22.4 Å². The smallest absolute Gasteiger partial charge is 0.265 e. The number of nitrogens with two attached hydrogens (primary N) is 1. The molecule has 0 spiro atoms. The summed E-state index contributed by atoms with van der Waals surface area (Å²) in [5, 5.41) is 10.2. The Hall–Kier alpha value is -1.34. The summed E-state index contributed by atoms with van der Waals surface area (Å²) in [5.41, 5.74) is 5.78. The topological polar surface area (TPSA) is 92.1 Å². The van der Waals surface area contributed by atoms with E-state index in [2.05, 4.69) is 27.9 Å². The van der Waals surface area contributed by atoms with Gasteiger partial charge in [0.05, 0.1) is 0 Å². The van der Waals surface area contributed by atoms with Gasteiger partial charge in [-0.05, 0) is 32.2 Å². The lowest BCUT2D eigenvalue weighted by atomic mass is 10.4. The van der Waals surface area contributed by atoms with E-state index in [-0.39, 0.29) is 5.91 Å². The highest BCUT2D eigenvalue weighted by Crippen LogP contribution is 2.24. The number of anilines is 2. The van der Waals surface area contributed by atoms with Gasteiger partial charge in [-0.2, -0.15) is 0 Å². The normalized spacial score (nSPS) is 14.2. The van der Waals surface area contributed by atoms with Crippen molar-refractivity contribution in [1.29, 1.82) is 0 Å². The zero-order chi connectivity index (χ0) is 14.4. The van der Waals surface area contributed by atoms with Gasteiger partial charge in [-0.15, -0.1) is 0 Å². The van der Waals surface area contributed by atoms with Crippen molar-refractivity contribution in [3.8, 4) is 0 Å². The number of thiazole rings is 1. The number of hydrogen-bond acceptors (Lipinski definition) is 6. The number of carbonyl (C=O) groups is 1. The van der Waals surface area contributed by atoms with E-state index >= 15 is 0 Å². The van der Waals surface area contributed by atoms with Crippen molar-refractivity contribution in [3.63, 3.8) is 0 Å². The number of nitrogens with one attached hydrogen (secondary N) is 3. The van der Waals surface area contributed by atoms with Crippen LogP contribution in [0.4, 0.5) is 10.9 Å². The molecule has 0 aromatic carbocycles. The van der Waals surface area contributed by atoms with Gasteiger partial charge in [0.25, 0.3) is 5.91 Å². The van der Waals surface area contributed by atoms with Gasteiger partial charge in [0.1, 0.15) is 10.7 Å². The van der Waals surface area contributed by atoms with Crippen LogP contribution in [0.1, 0.15) is 42.3 Å². The van der Waals surface area contributed by atoms with E-state index in [1.54, 1.807) is 0 Å². The number of nitrogen functional groups attached to an aromatic ring is 1. The van der Waals surface area contributed by atoms with Crippen LogP contribution in [0, 0.1) is 0 Å². The second kappa shape index (κ2) is 7.44. The highest BCUT2D eigenvalue weighted by atomic mass is 32.1. The van der Waals surface area contributed by atoms with Gasteiger partial charge in [-0.1, -0.05) is 18.3 Å². The number of aromatic nitrogens is 1. The van der Waals surface area contributed by atoms with Crippen LogP contribution in [0.3, 0.4) is 0 Å². The molecule has 1 amide bonds. The molecule has 1 fully saturated rings. The van der Waals surface area contributed by atoms with Gasteiger partial charge in [-0.3, -0.25) is 4.79 Å². The molecule has 1 aromatic rings. The minimum absolute atomic E-state index is 0.129. The fraction of sp³-hybridized carbons (Fsp3) is 0.692. The number of rotatable bonds is 9. The Bertz CT molecular complexity index is 444. The van der Waals surface area contributed by atoms with E-state index in [1.165, 1.54) is 24.2 Å². The first-order valence-corrected chi connectivity index (χ1v) is 8.04. The minimum atomic E-state index is -0.129. The lowest BCUT2D eigenvalue weighted by Gasteiger charge is -2.04. The standard InChI is InChI=1S/C13H23N5OS/c1-2-6-17-13-18-11(14)10(20-13)12(19)16-8-3-7-15-9-4-5-9/h9,15H,2-8,14H2,1H3,(H,16,19)(H,17,18). The molecule has 6 nitrogen and oxygen atoms in total. The monoisotopic (exact) mass is 297 g/mol. The molecule has 0 bridgehead atoms. The van der Waals surface area contributed by atoms with Crippen LogP contribution >= 0.6 is 11.3 Å². The zero-order valence-corrected chi connectivity index (χ0v) is 12.7. The SMILES string of the molecule is CCCNc1nc(N)c(C(=O)NCCCNC2CC2)s1. The number of nitrogens with zero attached hydrogens (tertiary/aromatic N) is 1. The molecule has 7 heteroatoms. The molecule has 2 rings (SSSR count). The van der Waals surface area contributed by atoms with Crippen molar-refractivity contribution in [3.05, 3.63) is 4.88 Å². The van der Waals surface area contributed by atoms with Crippen LogP contribution in [0.25, 0.3) is 0 Å². The van der Waals surface area contributed by atoms with E-state index in [1.807, 2.05) is 0 Å². The van der Waals surface area contributed by atoms with Crippen molar-refractivity contribution < 1.29 is 4.79 Å².